The molecule has 0 fully saturated rings. The SMILES string of the molecule is CCCCCCCCC(CCCCCC)C(=O)OCCCCCOC(=O)C[C@H](OC(=O)OCCCCCOC(=O)C(CCCCCC)CCCCCCCC)C(=O)OCCCN(C)C. The van der Waals surface area contributed by atoms with E-state index >= 15 is 0 Å². The average molecular weight is 912 g/mol. The number of carbonyl (C=O) groups excluding carboxylic acids is 5. The minimum absolute atomic E-state index is 0.0403. The highest BCUT2D eigenvalue weighted by Crippen LogP contribution is 2.22. The van der Waals surface area contributed by atoms with Crippen LogP contribution in [0.2, 0.25) is 0 Å². The van der Waals surface area contributed by atoms with Crippen molar-refractivity contribution in [1.82, 2.24) is 4.90 Å². The Balaban J connectivity index is 4.73. The Bertz CT molecular complexity index is 1060. The van der Waals surface area contributed by atoms with E-state index in [4.69, 9.17) is 28.4 Å². The lowest BCUT2D eigenvalue weighted by molar-refractivity contribution is -0.161. The van der Waals surface area contributed by atoms with Gasteiger partial charge in [0, 0.05) is 6.54 Å². The van der Waals surface area contributed by atoms with Crippen molar-refractivity contribution in [2.75, 3.05) is 53.7 Å². The van der Waals surface area contributed by atoms with Crippen LogP contribution < -0.4 is 0 Å². The van der Waals surface area contributed by atoms with E-state index in [0.29, 0.717) is 64.7 Å². The van der Waals surface area contributed by atoms with Crippen LogP contribution in [0.4, 0.5) is 4.79 Å². The monoisotopic (exact) mass is 912 g/mol. The summed E-state index contributed by atoms with van der Waals surface area (Å²) in [7, 11) is 3.82. The highest BCUT2D eigenvalue weighted by molar-refractivity contribution is 5.83. The Hall–Kier alpha value is -2.89. The molecule has 0 rings (SSSR count). The molecule has 12 nitrogen and oxygen atoms in total. The minimum Gasteiger partial charge on any atom is -0.466 e. The van der Waals surface area contributed by atoms with E-state index in [1.54, 1.807) is 0 Å². The fourth-order valence-corrected chi connectivity index (χ4v) is 7.60. The molecule has 0 aromatic carbocycles. The number of carbonyl (C=O) groups is 5. The Labute approximate surface area is 391 Å². The molecule has 0 spiro atoms. The summed E-state index contributed by atoms with van der Waals surface area (Å²) in [5.74, 6) is -1.81. The molecule has 64 heavy (non-hydrogen) atoms. The van der Waals surface area contributed by atoms with Crippen LogP contribution in [0, 0.1) is 11.8 Å². The lowest BCUT2D eigenvalue weighted by atomic mass is 9.94. The Morgan fingerprint density at radius 1 is 0.375 bits per heavy atom. The average Bonchev–Trinajstić information content (AvgIpc) is 3.27. The summed E-state index contributed by atoms with van der Waals surface area (Å²) in [6, 6.07) is 0. The van der Waals surface area contributed by atoms with Crippen molar-refractivity contribution < 1.29 is 52.4 Å². The Morgan fingerprint density at radius 2 is 0.703 bits per heavy atom. The topological polar surface area (TPSA) is 144 Å². The first-order chi connectivity index (χ1) is 31.1. The predicted molar refractivity (Wildman–Crippen MR) is 256 cm³/mol. The van der Waals surface area contributed by atoms with Gasteiger partial charge in [0.2, 0.25) is 6.10 Å². The molecule has 0 aliphatic heterocycles. The third kappa shape index (κ3) is 38.4. The standard InChI is InChI=1S/C52H97NO11/c1-7-11-15-19-21-27-36-45(34-25-17-13-9-3)49(55)60-40-30-23-29-39-59-48(54)44-47(51(57)62-43-33-38-53(5)6)64-52(58)63-42-32-24-31-41-61-50(56)46(35-26-18-14-10-4)37-28-22-20-16-12-8-2/h45-47H,7-44H2,1-6H3/t45?,46?,47-/m0/s1. The number of unbranched alkanes of at least 4 members (excludes halogenated alkanes) is 20. The van der Waals surface area contributed by atoms with Gasteiger partial charge >= 0.3 is 30.0 Å². The molecule has 0 amide bonds. The van der Waals surface area contributed by atoms with Gasteiger partial charge in [-0.15, -0.1) is 0 Å². The zero-order valence-corrected chi connectivity index (χ0v) is 42.0. The number of ether oxygens (including phenoxy) is 6. The van der Waals surface area contributed by atoms with Crippen LogP contribution in [0.5, 0.6) is 0 Å². The first-order valence-corrected chi connectivity index (χ1v) is 26.2. The molecule has 0 aliphatic rings. The van der Waals surface area contributed by atoms with Gasteiger partial charge in [-0.2, -0.15) is 0 Å². The normalized spacial score (nSPS) is 12.7. The van der Waals surface area contributed by atoms with Crippen LogP contribution in [0.25, 0.3) is 0 Å². The summed E-state index contributed by atoms with van der Waals surface area (Å²) in [6.07, 6.45) is 28.2. The largest absolute Gasteiger partial charge is 0.509 e. The van der Waals surface area contributed by atoms with Gasteiger partial charge in [0.1, 0.15) is 0 Å². The van der Waals surface area contributed by atoms with Crippen LogP contribution in [-0.4, -0.2) is 94.7 Å². The molecule has 0 radical (unpaired) electrons. The number of hydrogen-bond acceptors (Lipinski definition) is 12. The van der Waals surface area contributed by atoms with E-state index in [2.05, 4.69) is 27.7 Å². The molecule has 0 N–H and O–H groups in total. The summed E-state index contributed by atoms with van der Waals surface area (Å²) in [6.45, 7) is 10.4. The zero-order chi connectivity index (χ0) is 47.3. The van der Waals surface area contributed by atoms with Crippen molar-refractivity contribution in [1.29, 1.82) is 0 Å². The third-order valence-corrected chi connectivity index (χ3v) is 11.7. The Kier molecular flexibility index (Phi) is 43.2. The second kappa shape index (κ2) is 45.3. The molecule has 2 unspecified atom stereocenters. The van der Waals surface area contributed by atoms with Crippen LogP contribution in [0.15, 0.2) is 0 Å². The molecule has 0 aromatic heterocycles. The van der Waals surface area contributed by atoms with Gasteiger partial charge < -0.3 is 33.3 Å². The second-order valence-corrected chi connectivity index (χ2v) is 18.1. The molecule has 0 aromatic rings. The van der Waals surface area contributed by atoms with Crippen LogP contribution in [0.1, 0.15) is 233 Å². The molecule has 0 saturated heterocycles. The number of rotatable bonds is 46. The van der Waals surface area contributed by atoms with Crippen molar-refractivity contribution in [3.05, 3.63) is 0 Å². The lowest BCUT2D eigenvalue weighted by Gasteiger charge is -2.17. The quantitative estimate of drug-likeness (QED) is 0.0326. The van der Waals surface area contributed by atoms with Gasteiger partial charge in [-0.25, -0.2) is 9.59 Å². The summed E-state index contributed by atoms with van der Waals surface area (Å²) >= 11 is 0. The van der Waals surface area contributed by atoms with Crippen LogP contribution in [-0.2, 0) is 47.6 Å². The van der Waals surface area contributed by atoms with Crippen molar-refractivity contribution in [2.24, 2.45) is 11.8 Å². The second-order valence-electron chi connectivity index (χ2n) is 18.1. The first-order valence-electron chi connectivity index (χ1n) is 26.2. The summed E-state index contributed by atoms with van der Waals surface area (Å²) in [4.78, 5) is 66.1. The highest BCUT2D eigenvalue weighted by Gasteiger charge is 2.29. The van der Waals surface area contributed by atoms with Gasteiger partial charge in [-0.3, -0.25) is 14.4 Å². The lowest BCUT2D eigenvalue weighted by Crippen LogP contribution is -2.33. The molecule has 0 bridgehead atoms. The van der Waals surface area contributed by atoms with Gasteiger partial charge in [0.15, 0.2) is 0 Å². The predicted octanol–water partition coefficient (Wildman–Crippen LogP) is 13.0. The zero-order valence-electron chi connectivity index (χ0n) is 42.0. The fourth-order valence-electron chi connectivity index (χ4n) is 7.60. The van der Waals surface area contributed by atoms with Gasteiger partial charge in [0.25, 0.3) is 0 Å². The maximum absolute atomic E-state index is 12.9. The van der Waals surface area contributed by atoms with E-state index in [-0.39, 0.29) is 43.6 Å². The van der Waals surface area contributed by atoms with Gasteiger partial charge in [-0.1, -0.05) is 156 Å². The van der Waals surface area contributed by atoms with Crippen LogP contribution in [0.3, 0.4) is 0 Å². The smallest absolute Gasteiger partial charge is 0.466 e. The molecule has 0 aliphatic carbocycles. The summed E-state index contributed by atoms with van der Waals surface area (Å²) in [5, 5.41) is 0. The Morgan fingerprint density at radius 3 is 1.12 bits per heavy atom. The molecule has 376 valence electrons. The first kappa shape index (κ1) is 61.1. The summed E-state index contributed by atoms with van der Waals surface area (Å²) in [5.41, 5.74) is 0. The molecule has 3 atom stereocenters. The molecular formula is C52H97NO11. The minimum atomic E-state index is -1.50. The van der Waals surface area contributed by atoms with E-state index in [0.717, 1.165) is 89.9 Å². The van der Waals surface area contributed by atoms with Crippen molar-refractivity contribution >= 4 is 30.0 Å². The van der Waals surface area contributed by atoms with Gasteiger partial charge in [-0.05, 0) is 84.7 Å². The van der Waals surface area contributed by atoms with E-state index in [1.807, 2.05) is 19.0 Å². The van der Waals surface area contributed by atoms with Crippen LogP contribution >= 0.6 is 0 Å². The number of hydrogen-bond donors (Lipinski definition) is 0. The van der Waals surface area contributed by atoms with E-state index in [1.165, 1.54) is 64.2 Å². The maximum atomic E-state index is 12.9. The summed E-state index contributed by atoms with van der Waals surface area (Å²) < 4.78 is 32.6. The molecule has 0 heterocycles. The molecule has 12 heteroatoms. The van der Waals surface area contributed by atoms with Crippen molar-refractivity contribution in [3.8, 4) is 0 Å². The number of esters is 4. The number of nitrogens with zero attached hydrogens (tertiary/aromatic N) is 1. The van der Waals surface area contributed by atoms with Gasteiger partial charge in [0.05, 0.1) is 51.3 Å². The highest BCUT2D eigenvalue weighted by atomic mass is 16.7. The molecule has 0 saturated carbocycles. The third-order valence-electron chi connectivity index (χ3n) is 11.7. The van der Waals surface area contributed by atoms with E-state index < -0.39 is 30.6 Å². The van der Waals surface area contributed by atoms with E-state index in [9.17, 15) is 24.0 Å². The fraction of sp³-hybridized carbons (Fsp3) is 0.904. The van der Waals surface area contributed by atoms with Crippen molar-refractivity contribution in [2.45, 2.75) is 239 Å². The maximum Gasteiger partial charge on any atom is 0.509 e. The molecular weight excluding hydrogens is 815 g/mol. The van der Waals surface area contributed by atoms with Crippen molar-refractivity contribution in [3.63, 3.8) is 0 Å².